The third kappa shape index (κ3) is 3.28. The number of nitrogens with one attached hydrogen (secondary N) is 1. The summed E-state index contributed by atoms with van der Waals surface area (Å²) < 4.78 is 6.01. The van der Waals surface area contributed by atoms with Crippen LogP contribution in [-0.2, 0) is 10.3 Å². The quantitative estimate of drug-likeness (QED) is 0.631. The van der Waals surface area contributed by atoms with Gasteiger partial charge in [-0.3, -0.25) is 4.79 Å². The third-order valence-corrected chi connectivity index (χ3v) is 4.50. The third-order valence-electron chi connectivity index (χ3n) is 4.01. The summed E-state index contributed by atoms with van der Waals surface area (Å²) in [6.45, 7) is 1.66. The second-order valence-electron chi connectivity index (χ2n) is 5.70. The van der Waals surface area contributed by atoms with Crippen molar-refractivity contribution >= 4 is 34.1 Å². The van der Waals surface area contributed by atoms with Gasteiger partial charge in [-0.25, -0.2) is 4.79 Å². The van der Waals surface area contributed by atoms with Crippen LogP contribution in [0.1, 0.15) is 18.1 Å². The molecule has 0 unspecified atom stereocenters. The molecule has 1 saturated heterocycles. The highest BCUT2D eigenvalue weighted by Gasteiger charge is 2.49. The molecule has 25 heavy (non-hydrogen) atoms. The van der Waals surface area contributed by atoms with Crippen molar-refractivity contribution in [1.29, 1.82) is 0 Å². The summed E-state index contributed by atoms with van der Waals surface area (Å²) in [5, 5.41) is 7.61. The van der Waals surface area contributed by atoms with E-state index < -0.39 is 17.5 Å². The van der Waals surface area contributed by atoms with Crippen LogP contribution < -0.4 is 10.1 Å². The van der Waals surface area contributed by atoms with Gasteiger partial charge in [0.25, 0.3) is 5.91 Å². The van der Waals surface area contributed by atoms with Gasteiger partial charge >= 0.3 is 6.03 Å². The molecule has 0 spiro atoms. The molecule has 0 aromatic heterocycles. The van der Waals surface area contributed by atoms with Crippen LogP contribution in [-0.4, -0.2) is 30.3 Å². The second-order valence-corrected chi connectivity index (χ2v) is 6.62. The van der Waals surface area contributed by atoms with Gasteiger partial charge in [-0.1, -0.05) is 40.2 Å². The number of halogens is 1. The number of hydrogen-bond acceptors (Lipinski definition) is 4. The van der Waals surface area contributed by atoms with Crippen molar-refractivity contribution in [1.82, 2.24) is 10.3 Å². The predicted octanol–water partition coefficient (Wildman–Crippen LogP) is 3.26. The minimum atomic E-state index is -1.17. The van der Waals surface area contributed by atoms with Crippen LogP contribution in [0.15, 0.2) is 58.1 Å². The van der Waals surface area contributed by atoms with E-state index in [9.17, 15) is 9.59 Å². The molecule has 7 heteroatoms. The molecule has 128 valence electrons. The van der Waals surface area contributed by atoms with Crippen molar-refractivity contribution in [2.75, 3.05) is 7.11 Å². The van der Waals surface area contributed by atoms with Gasteiger partial charge < -0.3 is 10.1 Å². The van der Waals surface area contributed by atoms with Crippen molar-refractivity contribution < 1.29 is 14.3 Å². The molecule has 1 aliphatic rings. The molecule has 3 amide bonds. The van der Waals surface area contributed by atoms with E-state index in [-0.39, 0.29) is 0 Å². The molecule has 2 aromatic rings. The van der Waals surface area contributed by atoms with Crippen molar-refractivity contribution in [2.45, 2.75) is 12.5 Å². The van der Waals surface area contributed by atoms with E-state index in [1.807, 2.05) is 24.3 Å². The molecule has 1 heterocycles. The fourth-order valence-corrected chi connectivity index (χ4v) is 2.98. The van der Waals surface area contributed by atoms with Gasteiger partial charge in [0.15, 0.2) is 0 Å². The number of hydrazone groups is 1. The average molecular weight is 402 g/mol. The van der Waals surface area contributed by atoms with Crippen molar-refractivity contribution in [3.63, 3.8) is 0 Å². The zero-order chi connectivity index (χ0) is 18.0. The first-order valence-electron chi connectivity index (χ1n) is 7.55. The summed E-state index contributed by atoms with van der Waals surface area (Å²) in [4.78, 5) is 25.0. The van der Waals surface area contributed by atoms with Gasteiger partial charge in [0.2, 0.25) is 0 Å². The fraction of sp³-hybridized carbons (Fsp3) is 0.167. The minimum Gasteiger partial charge on any atom is -0.497 e. The molecular formula is C18H16BrN3O3. The van der Waals surface area contributed by atoms with Crippen LogP contribution in [0, 0.1) is 0 Å². The van der Waals surface area contributed by atoms with Crippen LogP contribution in [0.25, 0.3) is 0 Å². The number of ether oxygens (including phenoxy) is 1. The minimum absolute atomic E-state index is 0.436. The first kappa shape index (κ1) is 17.2. The molecule has 0 radical (unpaired) electrons. The second kappa shape index (κ2) is 6.68. The maximum Gasteiger partial charge on any atom is 0.346 e. The molecule has 1 fully saturated rings. The van der Waals surface area contributed by atoms with E-state index in [0.29, 0.717) is 11.3 Å². The normalized spacial score (nSPS) is 20.2. The van der Waals surface area contributed by atoms with Gasteiger partial charge in [-0.15, -0.1) is 5.01 Å². The lowest BCUT2D eigenvalue weighted by atomic mass is 9.92. The molecule has 0 aliphatic carbocycles. The van der Waals surface area contributed by atoms with Crippen LogP contribution >= 0.6 is 15.9 Å². The Morgan fingerprint density at radius 2 is 1.92 bits per heavy atom. The predicted molar refractivity (Wildman–Crippen MR) is 97.5 cm³/mol. The fourth-order valence-electron chi connectivity index (χ4n) is 2.56. The molecule has 2 aromatic carbocycles. The SMILES string of the molecule is COc1ccc([C@]2(C)NC(=O)N(N=Cc3cccc(Br)c3)C2=O)cc1. The lowest BCUT2D eigenvalue weighted by Crippen LogP contribution is -2.40. The Labute approximate surface area is 153 Å². The van der Waals surface area contributed by atoms with Gasteiger partial charge in [0.05, 0.1) is 13.3 Å². The molecule has 6 nitrogen and oxygen atoms in total. The molecule has 0 bridgehead atoms. The van der Waals surface area contributed by atoms with Crippen LogP contribution in [0.5, 0.6) is 5.75 Å². The first-order chi connectivity index (χ1) is 11.9. The zero-order valence-electron chi connectivity index (χ0n) is 13.7. The van der Waals surface area contributed by atoms with E-state index in [1.54, 1.807) is 38.3 Å². The molecule has 1 atom stereocenters. The Bertz CT molecular complexity index is 851. The number of methoxy groups -OCH3 is 1. The van der Waals surface area contributed by atoms with Crippen LogP contribution in [0.4, 0.5) is 4.79 Å². The monoisotopic (exact) mass is 401 g/mol. The van der Waals surface area contributed by atoms with E-state index in [4.69, 9.17) is 4.74 Å². The summed E-state index contributed by atoms with van der Waals surface area (Å²) in [6, 6.07) is 13.8. The Morgan fingerprint density at radius 1 is 1.20 bits per heavy atom. The van der Waals surface area contributed by atoms with Crippen molar-refractivity contribution in [3.05, 3.63) is 64.1 Å². The van der Waals surface area contributed by atoms with E-state index in [2.05, 4.69) is 26.3 Å². The topological polar surface area (TPSA) is 71.0 Å². The Morgan fingerprint density at radius 3 is 2.56 bits per heavy atom. The Balaban J connectivity index is 1.86. The average Bonchev–Trinajstić information content (AvgIpc) is 2.83. The smallest absolute Gasteiger partial charge is 0.346 e. The maximum absolute atomic E-state index is 12.8. The highest BCUT2D eigenvalue weighted by atomic mass is 79.9. The number of benzene rings is 2. The number of rotatable bonds is 4. The summed E-state index contributed by atoms with van der Waals surface area (Å²) in [5.41, 5.74) is 0.262. The van der Waals surface area contributed by atoms with E-state index >= 15 is 0 Å². The highest BCUT2D eigenvalue weighted by molar-refractivity contribution is 9.10. The zero-order valence-corrected chi connectivity index (χ0v) is 15.3. The van der Waals surface area contributed by atoms with Crippen LogP contribution in [0.2, 0.25) is 0 Å². The first-order valence-corrected chi connectivity index (χ1v) is 8.34. The Hall–Kier alpha value is -2.67. The summed E-state index contributed by atoms with van der Waals surface area (Å²) in [5.74, 6) is 0.238. The Kier molecular flexibility index (Phi) is 4.59. The molecule has 1 N–H and O–H groups in total. The van der Waals surface area contributed by atoms with Gasteiger partial charge in [-0.2, -0.15) is 5.10 Å². The maximum atomic E-state index is 12.8. The largest absolute Gasteiger partial charge is 0.497 e. The van der Waals surface area contributed by atoms with Gasteiger partial charge in [0.1, 0.15) is 11.3 Å². The lowest BCUT2D eigenvalue weighted by Gasteiger charge is -2.21. The van der Waals surface area contributed by atoms with E-state index in [1.165, 1.54) is 6.21 Å². The molecule has 0 saturated carbocycles. The van der Waals surface area contributed by atoms with Gasteiger partial charge in [-0.05, 0) is 42.3 Å². The van der Waals surface area contributed by atoms with Gasteiger partial charge in [0, 0.05) is 4.47 Å². The number of carbonyl (C=O) groups excluding carboxylic acids is 2. The van der Waals surface area contributed by atoms with Crippen molar-refractivity contribution in [3.8, 4) is 5.75 Å². The summed E-state index contributed by atoms with van der Waals surface area (Å²) in [6.07, 6.45) is 1.47. The number of urea groups is 1. The lowest BCUT2D eigenvalue weighted by molar-refractivity contribution is -0.131. The number of amides is 3. The molecule has 3 rings (SSSR count). The molecule has 1 aliphatic heterocycles. The summed E-state index contributed by atoms with van der Waals surface area (Å²) >= 11 is 3.37. The number of carbonyl (C=O) groups is 2. The number of imide groups is 1. The molecular weight excluding hydrogens is 386 g/mol. The number of hydrogen-bond donors (Lipinski definition) is 1. The summed E-state index contributed by atoms with van der Waals surface area (Å²) in [7, 11) is 1.57. The van der Waals surface area contributed by atoms with E-state index in [0.717, 1.165) is 15.0 Å². The standard InChI is InChI=1S/C18H16BrN3O3/c1-18(13-6-8-15(25-2)9-7-13)16(23)22(17(24)21-18)20-11-12-4-3-5-14(19)10-12/h3-11H,1-2H3,(H,21,24)/t18-/m0/s1. The number of nitrogens with zero attached hydrogens (tertiary/aromatic N) is 2. The van der Waals surface area contributed by atoms with Crippen LogP contribution in [0.3, 0.4) is 0 Å². The van der Waals surface area contributed by atoms with Crippen molar-refractivity contribution in [2.24, 2.45) is 5.10 Å². The highest BCUT2D eigenvalue weighted by Crippen LogP contribution is 2.30.